The van der Waals surface area contributed by atoms with E-state index in [1.807, 2.05) is 12.1 Å². The first-order chi connectivity index (χ1) is 7.53. The lowest BCUT2D eigenvalue weighted by Crippen LogP contribution is -2.29. The van der Waals surface area contributed by atoms with Crippen LogP contribution in [0.3, 0.4) is 0 Å². The van der Waals surface area contributed by atoms with Gasteiger partial charge in [0.1, 0.15) is 5.75 Å². The van der Waals surface area contributed by atoms with E-state index in [1.165, 1.54) is 0 Å². The van der Waals surface area contributed by atoms with Gasteiger partial charge in [-0.3, -0.25) is 0 Å². The summed E-state index contributed by atoms with van der Waals surface area (Å²) in [7, 11) is 0. The minimum Gasteiger partial charge on any atom is -0.508 e. The van der Waals surface area contributed by atoms with Crippen molar-refractivity contribution in [3.8, 4) is 5.75 Å². The molecule has 0 radical (unpaired) electrons. The van der Waals surface area contributed by atoms with E-state index in [0.717, 1.165) is 25.1 Å². The highest BCUT2D eigenvalue weighted by atomic mass is 16.3. The van der Waals surface area contributed by atoms with Crippen LogP contribution in [0.5, 0.6) is 5.75 Å². The van der Waals surface area contributed by atoms with Gasteiger partial charge in [-0.2, -0.15) is 0 Å². The van der Waals surface area contributed by atoms with Crippen molar-refractivity contribution in [1.29, 1.82) is 0 Å². The maximum absolute atomic E-state index is 9.30. The van der Waals surface area contributed by atoms with Gasteiger partial charge < -0.3 is 15.5 Å². The molecule has 1 aromatic rings. The number of phenolic OH excluding ortho intramolecular Hbond substituents is 1. The summed E-state index contributed by atoms with van der Waals surface area (Å²) in [6.07, 6.45) is 0.792. The number of nitrogens with one attached hydrogen (secondary N) is 1. The molecule has 1 aromatic carbocycles. The summed E-state index contributed by atoms with van der Waals surface area (Å²) in [6, 6.07) is 7.24. The molecular weight excluding hydrogens is 202 g/mol. The minimum atomic E-state index is 0.103. The predicted molar refractivity (Wildman–Crippen MR) is 65.3 cm³/mol. The Kier molecular flexibility index (Phi) is 4.77. The molecule has 3 nitrogen and oxygen atoms in total. The van der Waals surface area contributed by atoms with Gasteiger partial charge in [-0.05, 0) is 29.5 Å². The molecule has 0 aliphatic rings. The van der Waals surface area contributed by atoms with Gasteiger partial charge in [-0.15, -0.1) is 0 Å². The smallest absolute Gasteiger partial charge is 0.115 e. The molecule has 0 aromatic heterocycles. The average Bonchev–Trinajstić information content (AvgIpc) is 2.17. The van der Waals surface area contributed by atoms with Crippen molar-refractivity contribution in [2.24, 2.45) is 5.41 Å². The second-order valence-corrected chi connectivity index (χ2v) is 4.91. The van der Waals surface area contributed by atoms with Crippen LogP contribution >= 0.6 is 0 Å². The molecule has 0 saturated heterocycles. The quantitative estimate of drug-likeness (QED) is 0.690. The van der Waals surface area contributed by atoms with Crippen molar-refractivity contribution in [2.75, 3.05) is 13.2 Å². The summed E-state index contributed by atoms with van der Waals surface area (Å²) in [4.78, 5) is 0. The van der Waals surface area contributed by atoms with E-state index in [2.05, 4.69) is 19.2 Å². The van der Waals surface area contributed by atoms with Gasteiger partial charge in [0.15, 0.2) is 0 Å². The highest BCUT2D eigenvalue weighted by Crippen LogP contribution is 2.18. The number of aliphatic hydroxyl groups is 1. The van der Waals surface area contributed by atoms with E-state index in [-0.39, 0.29) is 12.0 Å². The Morgan fingerprint density at radius 1 is 1.31 bits per heavy atom. The van der Waals surface area contributed by atoms with E-state index in [0.29, 0.717) is 5.75 Å². The van der Waals surface area contributed by atoms with E-state index in [9.17, 15) is 5.11 Å². The van der Waals surface area contributed by atoms with Crippen LogP contribution < -0.4 is 5.32 Å². The Bertz CT molecular complexity index is 323. The summed E-state index contributed by atoms with van der Waals surface area (Å²) in [5, 5.41) is 21.5. The molecule has 3 N–H and O–H groups in total. The van der Waals surface area contributed by atoms with Crippen molar-refractivity contribution in [1.82, 2.24) is 5.32 Å². The molecule has 90 valence electrons. The van der Waals surface area contributed by atoms with Crippen molar-refractivity contribution >= 4 is 0 Å². The number of hydrogen-bond acceptors (Lipinski definition) is 3. The Labute approximate surface area is 97.1 Å². The van der Waals surface area contributed by atoms with E-state index in [4.69, 9.17) is 5.11 Å². The zero-order chi connectivity index (χ0) is 12.0. The summed E-state index contributed by atoms with van der Waals surface area (Å²) < 4.78 is 0. The molecule has 0 saturated carbocycles. The van der Waals surface area contributed by atoms with Crippen molar-refractivity contribution in [3.63, 3.8) is 0 Å². The number of aliphatic hydroxyl groups excluding tert-OH is 1. The third kappa shape index (κ3) is 4.64. The van der Waals surface area contributed by atoms with Crippen LogP contribution in [0.2, 0.25) is 0 Å². The maximum atomic E-state index is 9.30. The van der Waals surface area contributed by atoms with Crippen LogP contribution in [0.25, 0.3) is 0 Å². The molecule has 0 spiro atoms. The predicted octanol–water partition coefficient (Wildman–Crippen LogP) is 1.89. The third-order valence-electron chi connectivity index (χ3n) is 2.63. The fourth-order valence-electron chi connectivity index (χ4n) is 1.60. The molecule has 0 atom stereocenters. The number of benzene rings is 1. The molecule has 0 bridgehead atoms. The van der Waals surface area contributed by atoms with Crippen molar-refractivity contribution in [2.45, 2.75) is 26.8 Å². The molecule has 1 rings (SSSR count). The topological polar surface area (TPSA) is 52.5 Å². The molecule has 0 amide bonds. The molecule has 0 heterocycles. The van der Waals surface area contributed by atoms with Crippen molar-refractivity contribution in [3.05, 3.63) is 29.8 Å². The number of rotatable bonds is 6. The number of hydrogen-bond donors (Lipinski definition) is 3. The maximum Gasteiger partial charge on any atom is 0.115 e. The highest BCUT2D eigenvalue weighted by Gasteiger charge is 2.16. The molecule has 0 unspecified atom stereocenters. The Balaban J connectivity index is 2.35. The largest absolute Gasteiger partial charge is 0.508 e. The Hall–Kier alpha value is -1.06. The lowest BCUT2D eigenvalue weighted by molar-refractivity contribution is 0.207. The van der Waals surface area contributed by atoms with Crippen LogP contribution in [0.1, 0.15) is 25.8 Å². The van der Waals surface area contributed by atoms with Crippen LogP contribution in [-0.2, 0) is 6.54 Å². The molecule has 0 fully saturated rings. The number of aromatic hydroxyl groups is 1. The third-order valence-corrected chi connectivity index (χ3v) is 2.63. The molecular formula is C13H21NO2. The first kappa shape index (κ1) is 13.0. The lowest BCUT2D eigenvalue weighted by Gasteiger charge is -2.24. The highest BCUT2D eigenvalue weighted by molar-refractivity contribution is 5.26. The van der Waals surface area contributed by atoms with Gasteiger partial charge in [0.05, 0.1) is 0 Å². The van der Waals surface area contributed by atoms with Crippen LogP contribution in [-0.4, -0.2) is 23.4 Å². The van der Waals surface area contributed by atoms with Crippen LogP contribution in [0, 0.1) is 5.41 Å². The van der Waals surface area contributed by atoms with Gasteiger partial charge in [-0.1, -0.05) is 26.0 Å². The fraction of sp³-hybridized carbons (Fsp3) is 0.538. The molecule has 0 aliphatic carbocycles. The van der Waals surface area contributed by atoms with Gasteiger partial charge in [-0.25, -0.2) is 0 Å². The monoisotopic (exact) mass is 223 g/mol. The fourth-order valence-corrected chi connectivity index (χ4v) is 1.60. The van der Waals surface area contributed by atoms with E-state index < -0.39 is 0 Å². The summed E-state index contributed by atoms with van der Waals surface area (Å²) >= 11 is 0. The number of phenols is 1. The van der Waals surface area contributed by atoms with Crippen molar-refractivity contribution < 1.29 is 10.2 Å². The SMILES string of the molecule is CC(C)(CCO)CNCc1cccc(O)c1. The Morgan fingerprint density at radius 3 is 2.69 bits per heavy atom. The Morgan fingerprint density at radius 2 is 2.06 bits per heavy atom. The van der Waals surface area contributed by atoms with E-state index >= 15 is 0 Å². The zero-order valence-electron chi connectivity index (χ0n) is 10.0. The second-order valence-electron chi connectivity index (χ2n) is 4.91. The zero-order valence-corrected chi connectivity index (χ0v) is 10.0. The van der Waals surface area contributed by atoms with Gasteiger partial charge in [0.2, 0.25) is 0 Å². The van der Waals surface area contributed by atoms with Crippen LogP contribution in [0.15, 0.2) is 24.3 Å². The second kappa shape index (κ2) is 5.87. The van der Waals surface area contributed by atoms with E-state index in [1.54, 1.807) is 12.1 Å². The van der Waals surface area contributed by atoms with Crippen LogP contribution in [0.4, 0.5) is 0 Å². The normalized spacial score (nSPS) is 11.7. The molecule has 0 aliphatic heterocycles. The first-order valence-electron chi connectivity index (χ1n) is 5.63. The first-order valence-corrected chi connectivity index (χ1v) is 5.63. The summed E-state index contributed by atoms with van der Waals surface area (Å²) in [5.74, 6) is 0.300. The standard InChI is InChI=1S/C13H21NO2/c1-13(2,6-7-15)10-14-9-11-4-3-5-12(16)8-11/h3-5,8,14-16H,6-7,9-10H2,1-2H3. The van der Waals surface area contributed by atoms with Gasteiger partial charge in [0, 0.05) is 19.7 Å². The summed E-state index contributed by atoms with van der Waals surface area (Å²) in [5.41, 5.74) is 1.17. The average molecular weight is 223 g/mol. The minimum absolute atomic E-state index is 0.103. The lowest BCUT2D eigenvalue weighted by atomic mass is 9.90. The summed E-state index contributed by atoms with van der Waals surface area (Å²) in [6.45, 7) is 6.06. The van der Waals surface area contributed by atoms with Gasteiger partial charge >= 0.3 is 0 Å². The molecule has 16 heavy (non-hydrogen) atoms. The molecule has 3 heteroatoms. The van der Waals surface area contributed by atoms with Gasteiger partial charge in [0.25, 0.3) is 0 Å².